The number of amides is 2. The van der Waals surface area contributed by atoms with Crippen LogP contribution in [0.2, 0.25) is 0 Å². The second-order valence-corrected chi connectivity index (χ2v) is 12.7. The highest BCUT2D eigenvalue weighted by molar-refractivity contribution is 7.93. The zero-order valence-electron chi connectivity index (χ0n) is 23.5. The molecule has 0 aliphatic carbocycles. The number of fused-ring (bicyclic) bond motifs is 2. The number of ether oxygens (including phenoxy) is 3. The molecule has 42 heavy (non-hydrogen) atoms. The maximum Gasteiger partial charge on any atom is 0.427 e. The number of rotatable bonds is 8. The number of nitrogens with one attached hydrogen (secondary N) is 2. The highest BCUT2D eigenvalue weighted by Gasteiger charge is 2.51. The first-order valence-corrected chi connectivity index (χ1v) is 14.3. The smallest absolute Gasteiger partial charge is 0.427 e. The summed E-state index contributed by atoms with van der Waals surface area (Å²) in [6.45, 7) is 3.97. The van der Waals surface area contributed by atoms with Crippen molar-refractivity contribution in [2.75, 3.05) is 29.8 Å². The molecule has 1 aromatic carbocycles. The van der Waals surface area contributed by atoms with E-state index in [9.17, 15) is 36.3 Å². The Bertz CT molecular complexity index is 1480. The Morgan fingerprint density at radius 1 is 1.21 bits per heavy atom. The third kappa shape index (κ3) is 6.06. The lowest BCUT2D eigenvalue weighted by Gasteiger charge is -2.36. The maximum absolute atomic E-state index is 14.2. The van der Waals surface area contributed by atoms with Gasteiger partial charge in [0, 0.05) is 12.2 Å². The molecule has 13 nitrogen and oxygen atoms in total. The second-order valence-electron chi connectivity index (χ2n) is 10.9. The molecule has 1 aromatic heterocycles. The molecule has 0 saturated carbocycles. The van der Waals surface area contributed by atoms with Gasteiger partial charge in [-0.3, -0.25) is 19.1 Å². The molecule has 2 aromatic rings. The molecule has 3 N–H and O–H groups in total. The molecule has 0 fully saturated rings. The fraction of sp³-hybridized carbons (Fsp3) is 0.560. The van der Waals surface area contributed by atoms with Crippen LogP contribution >= 0.6 is 0 Å². The number of nitrogens with zero attached hydrogens (tertiary/aromatic N) is 3. The van der Waals surface area contributed by atoms with Crippen LogP contribution < -0.4 is 24.4 Å². The number of hydrogen-bond donors (Lipinski definition) is 3. The monoisotopic (exact) mass is 619 g/mol. The van der Waals surface area contributed by atoms with E-state index >= 15 is 0 Å². The van der Waals surface area contributed by atoms with Crippen molar-refractivity contribution < 1.29 is 50.5 Å². The van der Waals surface area contributed by atoms with E-state index < -0.39 is 45.5 Å². The van der Waals surface area contributed by atoms with Crippen LogP contribution in [0.1, 0.15) is 39.8 Å². The Kier molecular flexibility index (Phi) is 8.05. The number of anilines is 2. The number of aromatic nitrogens is 2. The number of methoxy groups -OCH3 is 1. The number of aliphatic hydroxyl groups is 1. The lowest BCUT2D eigenvalue weighted by molar-refractivity contribution is -0.242. The van der Waals surface area contributed by atoms with Crippen molar-refractivity contribution in [1.82, 2.24) is 15.1 Å². The number of hydrogen-bond acceptors (Lipinski definition) is 9. The number of aryl methyl sites for hydroxylation is 1. The van der Waals surface area contributed by atoms with E-state index in [1.54, 1.807) is 4.68 Å². The quantitative estimate of drug-likeness (QED) is 0.403. The molecular weight excluding hydrogens is 587 g/mol. The Hall–Kier alpha value is -3.73. The van der Waals surface area contributed by atoms with Gasteiger partial charge in [0.05, 0.1) is 31.6 Å². The van der Waals surface area contributed by atoms with Crippen molar-refractivity contribution in [2.24, 2.45) is 0 Å². The summed E-state index contributed by atoms with van der Waals surface area (Å²) < 4.78 is 86.3. The van der Waals surface area contributed by atoms with Gasteiger partial charge in [-0.25, -0.2) is 13.2 Å². The van der Waals surface area contributed by atoms with E-state index in [-0.39, 0.29) is 41.0 Å². The van der Waals surface area contributed by atoms with Gasteiger partial charge in [0.2, 0.25) is 5.60 Å². The van der Waals surface area contributed by atoms with Crippen LogP contribution in [0.4, 0.5) is 29.3 Å². The average Bonchev–Trinajstić information content (AvgIpc) is 3.46. The van der Waals surface area contributed by atoms with Gasteiger partial charge in [-0.1, -0.05) is 0 Å². The summed E-state index contributed by atoms with van der Waals surface area (Å²) in [5.41, 5.74) is -4.14. The minimum Gasteiger partial charge on any atom is -0.484 e. The largest absolute Gasteiger partial charge is 0.484 e. The van der Waals surface area contributed by atoms with Crippen LogP contribution in [0.25, 0.3) is 0 Å². The van der Waals surface area contributed by atoms with Gasteiger partial charge in [-0.15, -0.1) is 5.10 Å². The first-order chi connectivity index (χ1) is 19.3. The summed E-state index contributed by atoms with van der Waals surface area (Å²) in [6.07, 6.45) is -6.06. The first kappa shape index (κ1) is 31.2. The van der Waals surface area contributed by atoms with Gasteiger partial charge in [-0.05, 0) is 58.7 Å². The van der Waals surface area contributed by atoms with Crippen LogP contribution in [0.3, 0.4) is 0 Å². The molecule has 0 bridgehead atoms. The zero-order valence-corrected chi connectivity index (χ0v) is 24.4. The van der Waals surface area contributed by atoms with E-state index in [1.165, 1.54) is 39.2 Å². The minimum absolute atomic E-state index is 0.0343. The summed E-state index contributed by atoms with van der Waals surface area (Å²) in [5, 5.41) is 18.9. The number of benzene rings is 1. The van der Waals surface area contributed by atoms with Gasteiger partial charge >= 0.3 is 12.3 Å². The van der Waals surface area contributed by atoms with Gasteiger partial charge in [0.25, 0.3) is 21.8 Å². The number of halogens is 3. The predicted molar refractivity (Wildman–Crippen MR) is 142 cm³/mol. The van der Waals surface area contributed by atoms with Crippen LogP contribution in [-0.4, -0.2) is 79.0 Å². The summed E-state index contributed by atoms with van der Waals surface area (Å²) in [5.74, 6) is -0.774. The molecule has 4 rings (SSSR count). The number of sulfonamides is 1. The van der Waals surface area contributed by atoms with Crippen LogP contribution in [0.15, 0.2) is 23.1 Å². The summed E-state index contributed by atoms with van der Waals surface area (Å²) in [6, 6.07) is 3.84. The van der Waals surface area contributed by atoms with E-state index in [4.69, 9.17) is 9.47 Å². The van der Waals surface area contributed by atoms with Gasteiger partial charge in [-0.2, -0.15) is 13.2 Å². The van der Waals surface area contributed by atoms with Gasteiger partial charge in [0.1, 0.15) is 17.5 Å². The summed E-state index contributed by atoms with van der Waals surface area (Å²) in [7, 11) is -3.12. The maximum atomic E-state index is 14.2. The lowest BCUT2D eigenvalue weighted by Crippen LogP contribution is -2.51. The van der Waals surface area contributed by atoms with Crippen molar-refractivity contribution in [1.29, 1.82) is 0 Å². The molecule has 2 aliphatic rings. The van der Waals surface area contributed by atoms with Gasteiger partial charge < -0.3 is 24.6 Å². The van der Waals surface area contributed by atoms with Crippen molar-refractivity contribution in [2.45, 2.75) is 75.5 Å². The third-order valence-corrected chi connectivity index (χ3v) is 8.57. The molecule has 3 heterocycles. The molecule has 17 heteroatoms. The molecule has 232 valence electrons. The summed E-state index contributed by atoms with van der Waals surface area (Å²) >= 11 is 0. The highest BCUT2D eigenvalue weighted by Crippen LogP contribution is 2.42. The van der Waals surface area contributed by atoms with Crippen molar-refractivity contribution >= 4 is 33.4 Å². The highest BCUT2D eigenvalue weighted by atomic mass is 32.2. The van der Waals surface area contributed by atoms with E-state index in [1.807, 2.05) is 0 Å². The number of carbonyl (C=O) groups is 2. The SMILES string of the molecule is COc1nn2c(c1S(=O)(=O)N1C[C@H](CNC(=O)C(C)(C)O)Oc3ccc(NC(=O)OC(C)(C)C(F)(F)F)cc31)CCC2. The average molecular weight is 620 g/mol. The Morgan fingerprint density at radius 3 is 2.52 bits per heavy atom. The van der Waals surface area contributed by atoms with Crippen molar-refractivity contribution in [3.05, 3.63) is 23.9 Å². The first-order valence-electron chi connectivity index (χ1n) is 12.9. The van der Waals surface area contributed by atoms with Crippen molar-refractivity contribution in [3.8, 4) is 11.6 Å². The minimum atomic E-state index is -4.83. The fourth-order valence-corrected chi connectivity index (χ4v) is 6.20. The topological polar surface area (TPSA) is 161 Å². The molecular formula is C25H32F3N5O8S. The molecule has 2 aliphatic heterocycles. The standard InChI is InChI=1S/C25H32F3N5O8S/c1-23(2,36)21(34)29-12-15-13-33(42(37,38)19-16-7-6-10-32(16)31-20(19)39-5)17-11-14(8-9-18(17)40-15)30-22(35)41-24(3,4)25(26,27)28/h8-9,11,15,36H,6-7,10,12-13H2,1-5H3,(H,29,34)(H,30,35)/t15-/m0/s1. The van der Waals surface area contributed by atoms with E-state index in [0.717, 1.165) is 4.31 Å². The fourth-order valence-electron chi connectivity index (χ4n) is 4.36. The number of alkyl halides is 3. The zero-order chi connectivity index (χ0) is 31.3. The lowest BCUT2D eigenvalue weighted by atomic mass is 10.1. The normalized spacial score (nSPS) is 17.2. The van der Waals surface area contributed by atoms with Crippen LogP contribution in [0.5, 0.6) is 11.6 Å². The van der Waals surface area contributed by atoms with E-state index in [0.29, 0.717) is 38.9 Å². The third-order valence-electron chi connectivity index (χ3n) is 6.72. The number of carbonyl (C=O) groups excluding carboxylic acids is 2. The molecule has 2 amide bonds. The van der Waals surface area contributed by atoms with E-state index in [2.05, 4.69) is 20.5 Å². The van der Waals surface area contributed by atoms with Crippen LogP contribution in [0, 0.1) is 0 Å². The Balaban J connectivity index is 1.70. The summed E-state index contributed by atoms with van der Waals surface area (Å²) in [4.78, 5) is 24.4. The Morgan fingerprint density at radius 2 is 1.90 bits per heavy atom. The second kappa shape index (κ2) is 10.8. The molecule has 0 saturated heterocycles. The molecule has 0 unspecified atom stereocenters. The van der Waals surface area contributed by atoms with Gasteiger partial charge in [0.15, 0.2) is 4.90 Å². The molecule has 0 radical (unpaired) electrons. The molecule has 0 spiro atoms. The predicted octanol–water partition coefficient (Wildman–Crippen LogP) is 2.57. The molecule has 1 atom stereocenters. The van der Waals surface area contributed by atoms with Crippen LogP contribution in [-0.2, 0) is 32.5 Å². The Labute approximate surface area is 239 Å². The van der Waals surface area contributed by atoms with Crippen molar-refractivity contribution in [3.63, 3.8) is 0 Å².